The molecule has 8 heteroatoms. The number of amides is 2. The highest BCUT2D eigenvalue weighted by atomic mass is 19.1. The molecule has 0 saturated carbocycles. The average Bonchev–Trinajstić information content (AvgIpc) is 3.39. The van der Waals surface area contributed by atoms with Crippen molar-refractivity contribution in [3.05, 3.63) is 35.6 Å². The topological polar surface area (TPSA) is 93.7 Å². The number of carbonyl (C=O) groups is 2. The molecule has 3 fully saturated rings. The summed E-state index contributed by atoms with van der Waals surface area (Å²) < 4.78 is 13.3. The van der Waals surface area contributed by atoms with E-state index in [2.05, 4.69) is 6.07 Å². The van der Waals surface area contributed by atoms with Gasteiger partial charge < -0.3 is 15.5 Å². The Balaban J connectivity index is 1.42. The number of piperazine rings is 1. The predicted molar refractivity (Wildman–Crippen MR) is 113 cm³/mol. The Labute approximate surface area is 182 Å². The zero-order chi connectivity index (χ0) is 22.5. The molecular formula is C23H30FN5O2. The van der Waals surface area contributed by atoms with E-state index in [4.69, 9.17) is 5.73 Å². The Bertz CT molecular complexity index is 912. The van der Waals surface area contributed by atoms with Crippen molar-refractivity contribution in [3.63, 3.8) is 0 Å². The van der Waals surface area contributed by atoms with Gasteiger partial charge in [0.1, 0.15) is 11.9 Å². The average molecular weight is 428 g/mol. The number of hydrogen-bond donors (Lipinski definition) is 1. The zero-order valence-electron chi connectivity index (χ0n) is 18.3. The summed E-state index contributed by atoms with van der Waals surface area (Å²) in [7, 11) is 0. The molecule has 1 aromatic carbocycles. The van der Waals surface area contributed by atoms with Gasteiger partial charge in [-0.1, -0.05) is 19.1 Å². The summed E-state index contributed by atoms with van der Waals surface area (Å²) in [6, 6.07) is 7.04. The maximum absolute atomic E-state index is 13.3. The van der Waals surface area contributed by atoms with E-state index < -0.39 is 17.6 Å². The Hall–Kier alpha value is -2.50. The summed E-state index contributed by atoms with van der Waals surface area (Å²) in [5, 5.41) is 9.34. The molecule has 4 unspecified atom stereocenters. The van der Waals surface area contributed by atoms with Crippen LogP contribution in [0.15, 0.2) is 24.3 Å². The molecule has 3 saturated heterocycles. The van der Waals surface area contributed by atoms with Crippen LogP contribution >= 0.6 is 0 Å². The van der Waals surface area contributed by atoms with Crippen LogP contribution in [0.3, 0.4) is 0 Å². The van der Waals surface area contributed by atoms with Crippen LogP contribution < -0.4 is 5.73 Å². The molecule has 1 aromatic rings. The molecule has 3 heterocycles. The molecule has 7 nitrogen and oxygen atoms in total. The number of fused-ring (bicyclic) bond motifs is 2. The summed E-state index contributed by atoms with van der Waals surface area (Å²) in [6.45, 7) is 7.50. The largest absolute Gasteiger partial charge is 0.328 e. The van der Waals surface area contributed by atoms with Gasteiger partial charge in [0.2, 0.25) is 11.8 Å². The van der Waals surface area contributed by atoms with Crippen LogP contribution in [0, 0.1) is 23.1 Å². The summed E-state index contributed by atoms with van der Waals surface area (Å²) in [4.78, 5) is 31.6. The minimum absolute atomic E-state index is 0.0231. The fraction of sp³-hybridized carbons (Fsp3) is 0.609. The highest BCUT2D eigenvalue weighted by molar-refractivity contribution is 5.87. The van der Waals surface area contributed by atoms with Crippen molar-refractivity contribution in [2.24, 2.45) is 11.7 Å². The molecule has 0 radical (unpaired) electrons. The van der Waals surface area contributed by atoms with Gasteiger partial charge in [-0.15, -0.1) is 0 Å². The van der Waals surface area contributed by atoms with E-state index in [0.717, 1.165) is 5.56 Å². The van der Waals surface area contributed by atoms with E-state index >= 15 is 0 Å². The third-order valence-electron chi connectivity index (χ3n) is 7.11. The Morgan fingerprint density at radius 2 is 1.97 bits per heavy atom. The van der Waals surface area contributed by atoms with E-state index in [1.807, 2.05) is 30.6 Å². The second-order valence-electron chi connectivity index (χ2n) is 9.72. The SMILES string of the molecule is CC1CC(C#N)N(C(=O)C(N)CN2C[C@@H]3CC2C(=O)N3C(C)(C)c2ccc(F)cc2)C1. The first kappa shape index (κ1) is 21.7. The quantitative estimate of drug-likeness (QED) is 0.767. The molecule has 0 spiro atoms. The number of rotatable bonds is 5. The summed E-state index contributed by atoms with van der Waals surface area (Å²) in [5.74, 6) is -0.207. The van der Waals surface area contributed by atoms with E-state index in [1.165, 1.54) is 12.1 Å². The lowest BCUT2D eigenvalue weighted by Crippen LogP contribution is -2.59. The standard InChI is InChI=1S/C23H30FN5O2/c1-14-8-17(10-25)28(11-14)21(30)19(26)13-27-12-18-9-20(27)22(31)29(18)23(2,3)15-4-6-16(24)7-5-15/h4-7,14,17-20H,8-9,11-13,26H2,1-3H3/t14?,17?,18-,19?,20?/m0/s1. The van der Waals surface area contributed by atoms with Crippen LogP contribution in [-0.2, 0) is 15.1 Å². The maximum Gasteiger partial charge on any atom is 0.241 e. The number of nitriles is 1. The Morgan fingerprint density at radius 3 is 2.58 bits per heavy atom. The van der Waals surface area contributed by atoms with Crippen LogP contribution in [-0.4, -0.2) is 70.3 Å². The lowest BCUT2D eigenvalue weighted by molar-refractivity contribution is -0.144. The summed E-state index contributed by atoms with van der Waals surface area (Å²) in [6.07, 6.45) is 1.38. The second-order valence-corrected chi connectivity index (χ2v) is 9.72. The van der Waals surface area contributed by atoms with E-state index in [9.17, 15) is 19.2 Å². The van der Waals surface area contributed by atoms with Gasteiger partial charge in [0.25, 0.3) is 0 Å². The minimum atomic E-state index is -0.758. The number of nitrogens with two attached hydrogens (primary N) is 1. The van der Waals surface area contributed by atoms with Crippen molar-refractivity contribution in [2.45, 2.75) is 63.3 Å². The number of hydrogen-bond acceptors (Lipinski definition) is 5. The van der Waals surface area contributed by atoms with Crippen LogP contribution in [0.4, 0.5) is 4.39 Å². The molecule has 31 heavy (non-hydrogen) atoms. The molecule has 0 aliphatic carbocycles. The summed E-state index contributed by atoms with van der Waals surface area (Å²) in [5.41, 5.74) is 6.57. The molecule has 5 atom stereocenters. The molecule has 2 bridgehead atoms. The molecule has 3 aliphatic heterocycles. The van der Waals surface area contributed by atoms with Crippen molar-refractivity contribution in [3.8, 4) is 6.07 Å². The first-order valence-electron chi connectivity index (χ1n) is 10.9. The highest BCUT2D eigenvalue weighted by Crippen LogP contribution is 2.41. The van der Waals surface area contributed by atoms with Gasteiger partial charge in [0.05, 0.1) is 23.7 Å². The number of likely N-dealkylation sites (tertiary alicyclic amines) is 3. The highest BCUT2D eigenvalue weighted by Gasteiger charge is 2.54. The van der Waals surface area contributed by atoms with E-state index in [-0.39, 0.29) is 35.6 Å². The third-order valence-corrected chi connectivity index (χ3v) is 7.11. The molecule has 0 aromatic heterocycles. The predicted octanol–water partition coefficient (Wildman–Crippen LogP) is 1.43. The second kappa shape index (κ2) is 7.88. The van der Waals surface area contributed by atoms with Crippen LogP contribution in [0.25, 0.3) is 0 Å². The van der Waals surface area contributed by atoms with E-state index in [1.54, 1.807) is 17.0 Å². The van der Waals surface area contributed by atoms with Crippen molar-refractivity contribution >= 4 is 11.8 Å². The fourth-order valence-corrected chi connectivity index (χ4v) is 5.55. The third kappa shape index (κ3) is 3.70. The van der Waals surface area contributed by atoms with Crippen LogP contribution in [0.2, 0.25) is 0 Å². The number of halogens is 1. The first-order chi connectivity index (χ1) is 14.6. The monoisotopic (exact) mass is 427 g/mol. The smallest absolute Gasteiger partial charge is 0.241 e. The fourth-order valence-electron chi connectivity index (χ4n) is 5.55. The zero-order valence-corrected chi connectivity index (χ0v) is 18.3. The maximum atomic E-state index is 13.3. The molecule has 3 aliphatic rings. The van der Waals surface area contributed by atoms with Gasteiger partial charge in [-0.2, -0.15) is 5.26 Å². The first-order valence-corrected chi connectivity index (χ1v) is 10.9. The molecule has 2 amide bonds. The number of benzene rings is 1. The molecule has 166 valence electrons. The number of nitrogens with zero attached hydrogens (tertiary/aromatic N) is 4. The lowest BCUT2D eigenvalue weighted by Gasteiger charge is -2.44. The van der Waals surface area contributed by atoms with Gasteiger partial charge in [-0.25, -0.2) is 4.39 Å². The van der Waals surface area contributed by atoms with Gasteiger partial charge in [-0.3, -0.25) is 14.5 Å². The van der Waals surface area contributed by atoms with Gasteiger partial charge in [0, 0.05) is 25.7 Å². The summed E-state index contributed by atoms with van der Waals surface area (Å²) >= 11 is 0. The molecule has 2 N–H and O–H groups in total. The lowest BCUT2D eigenvalue weighted by atomic mass is 9.91. The van der Waals surface area contributed by atoms with Crippen LogP contribution in [0.1, 0.15) is 39.2 Å². The normalized spacial score (nSPS) is 29.5. The Morgan fingerprint density at radius 1 is 1.29 bits per heavy atom. The van der Waals surface area contributed by atoms with E-state index in [0.29, 0.717) is 32.5 Å². The molecule has 4 rings (SSSR count). The molecular weight excluding hydrogens is 397 g/mol. The van der Waals surface area contributed by atoms with Gasteiger partial charge >= 0.3 is 0 Å². The minimum Gasteiger partial charge on any atom is -0.328 e. The van der Waals surface area contributed by atoms with Gasteiger partial charge in [-0.05, 0) is 50.3 Å². The Kier molecular flexibility index (Phi) is 5.52. The van der Waals surface area contributed by atoms with Gasteiger partial charge in [0.15, 0.2) is 0 Å². The van der Waals surface area contributed by atoms with Crippen molar-refractivity contribution in [1.29, 1.82) is 5.26 Å². The van der Waals surface area contributed by atoms with Crippen molar-refractivity contribution < 1.29 is 14.0 Å². The van der Waals surface area contributed by atoms with Crippen molar-refractivity contribution in [2.75, 3.05) is 19.6 Å². The van der Waals surface area contributed by atoms with Crippen LogP contribution in [0.5, 0.6) is 0 Å². The van der Waals surface area contributed by atoms with Crippen molar-refractivity contribution in [1.82, 2.24) is 14.7 Å². The number of carbonyl (C=O) groups excluding carboxylic acids is 2.